The van der Waals surface area contributed by atoms with E-state index in [1.165, 1.54) is 0 Å². The fourth-order valence-corrected chi connectivity index (χ4v) is 3.33. The summed E-state index contributed by atoms with van der Waals surface area (Å²) in [6.45, 7) is 1.51. The van der Waals surface area contributed by atoms with Crippen molar-refractivity contribution in [3.05, 3.63) is 90.0 Å². The van der Waals surface area contributed by atoms with Gasteiger partial charge in [-0.3, -0.25) is 9.59 Å². The van der Waals surface area contributed by atoms with Gasteiger partial charge in [-0.05, 0) is 47.7 Å². The number of benzene rings is 3. The van der Waals surface area contributed by atoms with Crippen molar-refractivity contribution in [3.8, 4) is 16.9 Å². The smallest absolute Gasteiger partial charge is 0.383 e. The highest BCUT2D eigenvalue weighted by atomic mass is 19.3. The minimum absolute atomic E-state index is 0.0537. The maximum Gasteiger partial charge on any atom is 0.383 e. The number of nitrogens with two attached hydrogens (primary N) is 1. The SMILES string of the molecule is CC(N)C(=O)C(F)(F)C(=O)NCCc1ccccc1-c1cccc(OCc2ccccc2)c1. The minimum Gasteiger partial charge on any atom is -0.489 e. The van der Waals surface area contributed by atoms with E-state index in [1.54, 1.807) is 0 Å². The molecule has 0 aromatic heterocycles. The van der Waals surface area contributed by atoms with Crippen LogP contribution in [0.3, 0.4) is 0 Å². The first kappa shape index (κ1) is 24.1. The molecule has 3 aromatic rings. The van der Waals surface area contributed by atoms with Gasteiger partial charge in [0, 0.05) is 6.54 Å². The first-order valence-corrected chi connectivity index (χ1v) is 10.6. The van der Waals surface area contributed by atoms with Crippen LogP contribution in [-0.2, 0) is 22.6 Å². The van der Waals surface area contributed by atoms with Crippen LogP contribution >= 0.6 is 0 Å². The number of hydrogen-bond acceptors (Lipinski definition) is 4. The van der Waals surface area contributed by atoms with Crippen LogP contribution in [-0.4, -0.2) is 30.2 Å². The Morgan fingerprint density at radius 1 is 1.00 bits per heavy atom. The van der Waals surface area contributed by atoms with Gasteiger partial charge in [-0.2, -0.15) is 8.78 Å². The number of amides is 1. The van der Waals surface area contributed by atoms with Crippen LogP contribution in [0.1, 0.15) is 18.1 Å². The largest absolute Gasteiger partial charge is 0.489 e. The summed E-state index contributed by atoms with van der Waals surface area (Å²) in [6.07, 6.45) is 0.305. The van der Waals surface area contributed by atoms with Gasteiger partial charge in [0.25, 0.3) is 5.91 Å². The molecule has 0 radical (unpaired) electrons. The number of Topliss-reactive ketones (excluding diaryl/α,β-unsaturated/α-hetero) is 1. The van der Waals surface area contributed by atoms with Crippen molar-refractivity contribution in [1.29, 1.82) is 0 Å². The van der Waals surface area contributed by atoms with E-state index in [-0.39, 0.29) is 6.54 Å². The molecular formula is C26H26F2N2O3. The molecule has 1 atom stereocenters. The number of halogens is 2. The maximum atomic E-state index is 13.9. The molecule has 1 unspecified atom stereocenters. The third-order valence-electron chi connectivity index (χ3n) is 5.10. The van der Waals surface area contributed by atoms with Gasteiger partial charge < -0.3 is 15.8 Å². The first-order valence-electron chi connectivity index (χ1n) is 10.6. The van der Waals surface area contributed by atoms with Gasteiger partial charge >= 0.3 is 5.92 Å². The normalized spacial score (nSPS) is 12.1. The molecule has 0 aliphatic rings. The van der Waals surface area contributed by atoms with Crippen molar-refractivity contribution in [3.63, 3.8) is 0 Å². The lowest BCUT2D eigenvalue weighted by atomic mass is 9.97. The van der Waals surface area contributed by atoms with Crippen LogP contribution in [0.2, 0.25) is 0 Å². The van der Waals surface area contributed by atoms with E-state index in [0.29, 0.717) is 18.8 Å². The van der Waals surface area contributed by atoms with Crippen molar-refractivity contribution < 1.29 is 23.1 Å². The van der Waals surface area contributed by atoms with Gasteiger partial charge in [-0.1, -0.05) is 66.7 Å². The van der Waals surface area contributed by atoms with E-state index in [0.717, 1.165) is 29.2 Å². The molecule has 0 aliphatic carbocycles. The zero-order valence-corrected chi connectivity index (χ0v) is 18.3. The average molecular weight is 453 g/mol. The van der Waals surface area contributed by atoms with E-state index < -0.39 is 23.7 Å². The summed E-state index contributed by atoms with van der Waals surface area (Å²) in [4.78, 5) is 23.3. The highest BCUT2D eigenvalue weighted by molar-refractivity contribution is 6.09. The van der Waals surface area contributed by atoms with Crippen LogP contribution < -0.4 is 15.8 Å². The van der Waals surface area contributed by atoms with Crippen LogP contribution in [0, 0.1) is 0 Å². The molecule has 7 heteroatoms. The Kier molecular flexibility index (Phi) is 7.90. The number of rotatable bonds is 10. The second kappa shape index (κ2) is 10.8. The average Bonchev–Trinajstić information content (AvgIpc) is 2.83. The van der Waals surface area contributed by atoms with Gasteiger partial charge in [0.2, 0.25) is 5.78 Å². The summed E-state index contributed by atoms with van der Waals surface area (Å²) >= 11 is 0. The quantitative estimate of drug-likeness (QED) is 0.453. The van der Waals surface area contributed by atoms with Crippen molar-refractivity contribution in [2.45, 2.75) is 31.9 Å². The van der Waals surface area contributed by atoms with Gasteiger partial charge in [-0.25, -0.2) is 0 Å². The number of ether oxygens (including phenoxy) is 1. The van der Waals surface area contributed by atoms with E-state index in [2.05, 4.69) is 5.32 Å². The monoisotopic (exact) mass is 452 g/mol. The van der Waals surface area contributed by atoms with Crippen molar-refractivity contribution in [2.75, 3.05) is 6.54 Å². The van der Waals surface area contributed by atoms with Crippen molar-refractivity contribution in [1.82, 2.24) is 5.32 Å². The fourth-order valence-electron chi connectivity index (χ4n) is 3.33. The summed E-state index contributed by atoms with van der Waals surface area (Å²) in [7, 11) is 0. The number of alkyl halides is 2. The Hall–Kier alpha value is -3.58. The molecule has 0 fully saturated rings. The summed E-state index contributed by atoms with van der Waals surface area (Å²) in [6, 6.07) is 23.5. The highest BCUT2D eigenvalue weighted by Gasteiger charge is 2.47. The maximum absolute atomic E-state index is 13.9. The van der Waals surface area contributed by atoms with Crippen LogP contribution in [0.15, 0.2) is 78.9 Å². The number of nitrogens with one attached hydrogen (secondary N) is 1. The molecule has 0 saturated carbocycles. The molecule has 3 rings (SSSR count). The Morgan fingerprint density at radius 3 is 2.42 bits per heavy atom. The lowest BCUT2D eigenvalue weighted by Gasteiger charge is -2.17. The molecule has 0 aliphatic heterocycles. The van der Waals surface area contributed by atoms with E-state index in [1.807, 2.05) is 78.9 Å². The topological polar surface area (TPSA) is 81.4 Å². The summed E-state index contributed by atoms with van der Waals surface area (Å²) in [5, 5.41) is 2.15. The molecule has 0 saturated heterocycles. The number of carbonyl (C=O) groups excluding carboxylic acids is 2. The molecule has 3 N–H and O–H groups in total. The van der Waals surface area contributed by atoms with Gasteiger partial charge in [-0.15, -0.1) is 0 Å². The third-order valence-corrected chi connectivity index (χ3v) is 5.10. The Labute approximate surface area is 191 Å². The zero-order chi connectivity index (χ0) is 23.8. The van der Waals surface area contributed by atoms with Crippen molar-refractivity contribution >= 4 is 11.7 Å². The van der Waals surface area contributed by atoms with Gasteiger partial charge in [0.15, 0.2) is 0 Å². The standard InChI is InChI=1S/C26H26F2N2O3/c1-18(29)24(31)26(27,28)25(32)30-15-14-20-10-5-6-13-23(20)21-11-7-12-22(16-21)33-17-19-8-3-2-4-9-19/h2-13,16,18H,14-15,17,29H2,1H3,(H,30,32). The Morgan fingerprint density at radius 2 is 1.70 bits per heavy atom. The molecule has 3 aromatic carbocycles. The van der Waals surface area contributed by atoms with Crippen LogP contribution in [0.4, 0.5) is 8.78 Å². The predicted octanol–water partition coefficient (Wildman–Crippen LogP) is 4.14. The minimum atomic E-state index is -4.15. The molecule has 33 heavy (non-hydrogen) atoms. The second-order valence-electron chi connectivity index (χ2n) is 7.69. The van der Waals surface area contributed by atoms with Crippen LogP contribution in [0.5, 0.6) is 5.75 Å². The highest BCUT2D eigenvalue weighted by Crippen LogP contribution is 2.28. The molecule has 0 heterocycles. The fraction of sp³-hybridized carbons (Fsp3) is 0.231. The Balaban J connectivity index is 1.67. The number of hydrogen-bond donors (Lipinski definition) is 2. The van der Waals surface area contributed by atoms with E-state index in [9.17, 15) is 18.4 Å². The molecule has 0 bridgehead atoms. The lowest BCUT2D eigenvalue weighted by Crippen LogP contribution is -2.51. The second-order valence-corrected chi connectivity index (χ2v) is 7.69. The lowest BCUT2D eigenvalue weighted by molar-refractivity contribution is -0.158. The van der Waals surface area contributed by atoms with E-state index >= 15 is 0 Å². The summed E-state index contributed by atoms with van der Waals surface area (Å²) in [5.74, 6) is -6.70. The first-order chi connectivity index (χ1) is 15.8. The predicted molar refractivity (Wildman–Crippen MR) is 123 cm³/mol. The molecular weight excluding hydrogens is 426 g/mol. The molecule has 0 spiro atoms. The summed E-state index contributed by atoms with van der Waals surface area (Å²) < 4.78 is 33.7. The van der Waals surface area contributed by atoms with Crippen LogP contribution in [0.25, 0.3) is 11.1 Å². The number of ketones is 1. The van der Waals surface area contributed by atoms with Gasteiger partial charge in [0.1, 0.15) is 12.4 Å². The van der Waals surface area contributed by atoms with Gasteiger partial charge in [0.05, 0.1) is 6.04 Å². The summed E-state index contributed by atoms with van der Waals surface area (Å²) in [5.41, 5.74) is 8.93. The molecule has 5 nitrogen and oxygen atoms in total. The number of carbonyl (C=O) groups is 2. The zero-order valence-electron chi connectivity index (χ0n) is 18.3. The van der Waals surface area contributed by atoms with E-state index in [4.69, 9.17) is 10.5 Å². The van der Waals surface area contributed by atoms with Crippen molar-refractivity contribution in [2.24, 2.45) is 5.73 Å². The molecule has 1 amide bonds. The third kappa shape index (κ3) is 6.23. The molecule has 172 valence electrons. The Bertz CT molecular complexity index is 1100.